The van der Waals surface area contributed by atoms with Crippen molar-refractivity contribution in [3.8, 4) is 0 Å². The summed E-state index contributed by atoms with van der Waals surface area (Å²) in [6, 6.07) is 3.62. The second-order valence-corrected chi connectivity index (χ2v) is 5.01. The van der Waals surface area contributed by atoms with Crippen LogP contribution in [0.1, 0.15) is 25.5 Å². The third-order valence-corrected chi connectivity index (χ3v) is 3.51. The molecule has 0 aromatic carbocycles. The number of aliphatic carboxylic acids is 1. The van der Waals surface area contributed by atoms with Crippen molar-refractivity contribution in [2.24, 2.45) is 5.41 Å². The molecule has 1 amide bonds. The first kappa shape index (κ1) is 12.7. The standard InChI is InChI=1S/C13H17NO4/c1-13(12(16)17)6-7-14(9-13)11(15)5-4-10-3-2-8-18-10/h2-3,8H,4-7,9H2,1H3,(H,16,17)/t13-/m1/s1. The van der Waals surface area contributed by atoms with Crippen molar-refractivity contribution < 1.29 is 19.1 Å². The highest BCUT2D eigenvalue weighted by Gasteiger charge is 2.41. The van der Waals surface area contributed by atoms with E-state index in [9.17, 15) is 9.59 Å². The zero-order valence-corrected chi connectivity index (χ0v) is 10.4. The second-order valence-electron chi connectivity index (χ2n) is 5.01. The molecule has 0 spiro atoms. The Labute approximate surface area is 105 Å². The Bertz CT molecular complexity index is 440. The van der Waals surface area contributed by atoms with Gasteiger partial charge in [0.05, 0.1) is 11.7 Å². The number of carbonyl (C=O) groups excluding carboxylic acids is 1. The van der Waals surface area contributed by atoms with E-state index in [1.54, 1.807) is 24.2 Å². The number of rotatable bonds is 4. The maximum Gasteiger partial charge on any atom is 0.311 e. The quantitative estimate of drug-likeness (QED) is 0.881. The van der Waals surface area contributed by atoms with Gasteiger partial charge in [-0.3, -0.25) is 9.59 Å². The fourth-order valence-corrected chi connectivity index (χ4v) is 2.19. The molecule has 2 rings (SSSR count). The molecule has 1 aromatic rings. The zero-order valence-electron chi connectivity index (χ0n) is 10.4. The molecule has 2 heterocycles. The molecule has 18 heavy (non-hydrogen) atoms. The Balaban J connectivity index is 1.86. The summed E-state index contributed by atoms with van der Waals surface area (Å²) in [5.41, 5.74) is -0.791. The fourth-order valence-electron chi connectivity index (χ4n) is 2.19. The van der Waals surface area contributed by atoms with Gasteiger partial charge in [0.15, 0.2) is 0 Å². The van der Waals surface area contributed by atoms with Crippen LogP contribution in [0, 0.1) is 5.41 Å². The maximum absolute atomic E-state index is 11.9. The van der Waals surface area contributed by atoms with Gasteiger partial charge in [-0.2, -0.15) is 0 Å². The molecule has 0 saturated carbocycles. The van der Waals surface area contributed by atoms with E-state index in [2.05, 4.69) is 0 Å². The molecule has 0 aliphatic carbocycles. The van der Waals surface area contributed by atoms with Crippen LogP contribution in [0.2, 0.25) is 0 Å². The Morgan fingerprint density at radius 1 is 1.56 bits per heavy atom. The van der Waals surface area contributed by atoms with Crippen LogP contribution in [0.25, 0.3) is 0 Å². The number of nitrogens with zero attached hydrogens (tertiary/aromatic N) is 1. The number of furan rings is 1. The number of amides is 1. The molecule has 5 heteroatoms. The number of hydrogen-bond acceptors (Lipinski definition) is 3. The minimum atomic E-state index is -0.830. The molecule has 1 aromatic heterocycles. The van der Waals surface area contributed by atoms with Crippen LogP contribution in [0.4, 0.5) is 0 Å². The average Bonchev–Trinajstić information content (AvgIpc) is 2.95. The van der Waals surface area contributed by atoms with E-state index in [1.165, 1.54) is 0 Å². The summed E-state index contributed by atoms with van der Waals surface area (Å²) in [6.07, 6.45) is 3.03. The Kier molecular flexibility index (Phi) is 3.41. The minimum absolute atomic E-state index is 0.00336. The molecule has 1 aliphatic rings. The third-order valence-electron chi connectivity index (χ3n) is 3.51. The lowest BCUT2D eigenvalue weighted by Crippen LogP contribution is -2.34. The van der Waals surface area contributed by atoms with Crippen LogP contribution < -0.4 is 0 Å². The van der Waals surface area contributed by atoms with Crippen molar-refractivity contribution >= 4 is 11.9 Å². The van der Waals surface area contributed by atoms with E-state index in [1.807, 2.05) is 6.07 Å². The fraction of sp³-hybridized carbons (Fsp3) is 0.538. The Morgan fingerprint density at radius 3 is 2.89 bits per heavy atom. The predicted octanol–water partition coefficient (Wildman–Crippen LogP) is 1.54. The highest BCUT2D eigenvalue weighted by atomic mass is 16.4. The highest BCUT2D eigenvalue weighted by Crippen LogP contribution is 2.30. The SMILES string of the molecule is C[C@@]1(C(=O)O)CCN(C(=O)CCc2ccco2)C1. The average molecular weight is 251 g/mol. The molecule has 1 saturated heterocycles. The lowest BCUT2D eigenvalue weighted by atomic mass is 9.90. The number of likely N-dealkylation sites (tertiary alicyclic amines) is 1. The van der Waals surface area contributed by atoms with Crippen LogP contribution in [0.3, 0.4) is 0 Å². The largest absolute Gasteiger partial charge is 0.481 e. The summed E-state index contributed by atoms with van der Waals surface area (Å²) in [7, 11) is 0. The summed E-state index contributed by atoms with van der Waals surface area (Å²) in [5, 5.41) is 9.10. The molecular formula is C13H17NO4. The molecule has 1 fully saturated rings. The number of carboxylic acid groups (broad SMARTS) is 1. The van der Waals surface area contributed by atoms with Gasteiger partial charge in [-0.05, 0) is 25.5 Å². The molecule has 1 atom stereocenters. The Morgan fingerprint density at radius 2 is 2.33 bits per heavy atom. The van der Waals surface area contributed by atoms with Gasteiger partial charge in [-0.25, -0.2) is 0 Å². The number of carbonyl (C=O) groups is 2. The van der Waals surface area contributed by atoms with E-state index in [0.29, 0.717) is 32.4 Å². The summed E-state index contributed by atoms with van der Waals surface area (Å²) in [5.74, 6) is -0.0521. The normalized spacial score (nSPS) is 23.3. The summed E-state index contributed by atoms with van der Waals surface area (Å²) >= 11 is 0. The third kappa shape index (κ3) is 2.55. The van der Waals surface area contributed by atoms with E-state index in [-0.39, 0.29) is 5.91 Å². The van der Waals surface area contributed by atoms with E-state index in [4.69, 9.17) is 9.52 Å². The van der Waals surface area contributed by atoms with Crippen LogP contribution in [-0.2, 0) is 16.0 Å². The monoisotopic (exact) mass is 251 g/mol. The van der Waals surface area contributed by atoms with Crippen molar-refractivity contribution in [2.75, 3.05) is 13.1 Å². The Hall–Kier alpha value is -1.78. The molecule has 1 aliphatic heterocycles. The number of aryl methyl sites for hydroxylation is 1. The molecule has 1 N–H and O–H groups in total. The van der Waals surface area contributed by atoms with Crippen LogP contribution in [-0.4, -0.2) is 35.0 Å². The van der Waals surface area contributed by atoms with Gasteiger partial charge in [-0.1, -0.05) is 0 Å². The van der Waals surface area contributed by atoms with Crippen LogP contribution in [0.15, 0.2) is 22.8 Å². The van der Waals surface area contributed by atoms with Gasteiger partial charge in [0, 0.05) is 25.9 Å². The van der Waals surface area contributed by atoms with Gasteiger partial charge in [-0.15, -0.1) is 0 Å². The maximum atomic E-state index is 11.9. The highest BCUT2D eigenvalue weighted by molar-refractivity contribution is 5.80. The van der Waals surface area contributed by atoms with Gasteiger partial charge in [0.25, 0.3) is 0 Å². The smallest absolute Gasteiger partial charge is 0.311 e. The van der Waals surface area contributed by atoms with Gasteiger partial charge in [0.1, 0.15) is 5.76 Å². The lowest BCUT2D eigenvalue weighted by Gasteiger charge is -2.20. The molecule has 0 radical (unpaired) electrons. The van der Waals surface area contributed by atoms with Gasteiger partial charge >= 0.3 is 5.97 Å². The topological polar surface area (TPSA) is 70.8 Å². The van der Waals surface area contributed by atoms with Gasteiger partial charge in [0.2, 0.25) is 5.91 Å². The molecular weight excluding hydrogens is 234 g/mol. The molecule has 5 nitrogen and oxygen atoms in total. The zero-order chi connectivity index (χ0) is 13.2. The lowest BCUT2D eigenvalue weighted by molar-refractivity contribution is -0.147. The number of hydrogen-bond donors (Lipinski definition) is 1. The molecule has 98 valence electrons. The van der Waals surface area contributed by atoms with Crippen molar-refractivity contribution in [3.05, 3.63) is 24.2 Å². The van der Waals surface area contributed by atoms with Crippen molar-refractivity contribution in [3.63, 3.8) is 0 Å². The summed E-state index contributed by atoms with van der Waals surface area (Å²) in [6.45, 7) is 2.52. The molecule has 0 bridgehead atoms. The summed E-state index contributed by atoms with van der Waals surface area (Å²) in [4.78, 5) is 24.7. The second kappa shape index (κ2) is 4.84. The molecule has 0 unspecified atom stereocenters. The van der Waals surface area contributed by atoms with Crippen LogP contribution >= 0.6 is 0 Å². The van der Waals surface area contributed by atoms with E-state index >= 15 is 0 Å². The van der Waals surface area contributed by atoms with Crippen molar-refractivity contribution in [2.45, 2.75) is 26.2 Å². The number of carboxylic acids is 1. The first-order valence-electron chi connectivity index (χ1n) is 6.05. The van der Waals surface area contributed by atoms with Crippen LogP contribution in [0.5, 0.6) is 0 Å². The first-order chi connectivity index (χ1) is 8.51. The van der Waals surface area contributed by atoms with E-state index in [0.717, 1.165) is 5.76 Å². The minimum Gasteiger partial charge on any atom is -0.481 e. The predicted molar refractivity (Wildman–Crippen MR) is 64.0 cm³/mol. The van der Waals surface area contributed by atoms with Crippen molar-refractivity contribution in [1.82, 2.24) is 4.90 Å². The van der Waals surface area contributed by atoms with E-state index < -0.39 is 11.4 Å². The van der Waals surface area contributed by atoms with Crippen molar-refractivity contribution in [1.29, 1.82) is 0 Å². The van der Waals surface area contributed by atoms with Gasteiger partial charge < -0.3 is 14.4 Å². The summed E-state index contributed by atoms with van der Waals surface area (Å²) < 4.78 is 5.16. The first-order valence-corrected chi connectivity index (χ1v) is 6.05.